The van der Waals surface area contributed by atoms with Crippen LogP contribution in [0.4, 0.5) is 5.82 Å². The summed E-state index contributed by atoms with van der Waals surface area (Å²) < 4.78 is 6.14. The Morgan fingerprint density at radius 2 is 2.41 bits per heavy atom. The second-order valence-electron chi connectivity index (χ2n) is 5.69. The highest BCUT2D eigenvalue weighted by Gasteiger charge is 2.42. The van der Waals surface area contributed by atoms with Crippen LogP contribution in [0.2, 0.25) is 0 Å². The summed E-state index contributed by atoms with van der Waals surface area (Å²) in [6.45, 7) is 1.75. The van der Waals surface area contributed by atoms with Crippen molar-refractivity contribution in [2.24, 2.45) is 5.41 Å². The number of fused-ring (bicyclic) bond motifs is 1. The monoisotopic (exact) mass is 321 g/mol. The highest BCUT2D eigenvalue weighted by atomic mass is 32.1. The number of methoxy groups -OCH3 is 1. The second-order valence-corrected chi connectivity index (χ2v) is 6.60. The Balaban J connectivity index is 1.91. The molecule has 0 bridgehead atoms. The number of nitrogens with zero attached hydrogens (tertiary/aromatic N) is 3. The SMILES string of the molecule is COCC[C@@]1(C(=O)O)CCCN(c2ncnc3ccsc23)C1. The molecule has 0 unspecified atom stereocenters. The van der Waals surface area contributed by atoms with Crippen LogP contribution in [0.1, 0.15) is 19.3 Å². The van der Waals surface area contributed by atoms with E-state index in [2.05, 4.69) is 14.9 Å². The lowest BCUT2D eigenvalue weighted by Gasteiger charge is -2.40. The Morgan fingerprint density at radius 3 is 3.18 bits per heavy atom. The minimum atomic E-state index is -0.761. The summed E-state index contributed by atoms with van der Waals surface area (Å²) in [4.78, 5) is 22.6. The fourth-order valence-electron chi connectivity index (χ4n) is 3.10. The molecule has 0 amide bonds. The van der Waals surface area contributed by atoms with Crippen molar-refractivity contribution in [3.8, 4) is 0 Å². The average Bonchev–Trinajstić information content (AvgIpc) is 3.01. The van der Waals surface area contributed by atoms with Crippen molar-refractivity contribution in [2.45, 2.75) is 19.3 Å². The van der Waals surface area contributed by atoms with Gasteiger partial charge in [0, 0.05) is 26.8 Å². The van der Waals surface area contributed by atoms with E-state index in [4.69, 9.17) is 4.74 Å². The molecule has 1 N–H and O–H groups in total. The van der Waals surface area contributed by atoms with Crippen molar-refractivity contribution in [1.29, 1.82) is 0 Å². The highest BCUT2D eigenvalue weighted by molar-refractivity contribution is 7.17. The molecule has 0 radical (unpaired) electrons. The van der Waals surface area contributed by atoms with Gasteiger partial charge in [-0.2, -0.15) is 0 Å². The lowest BCUT2D eigenvalue weighted by molar-refractivity contribution is -0.150. The van der Waals surface area contributed by atoms with Crippen LogP contribution in [0.5, 0.6) is 0 Å². The van der Waals surface area contributed by atoms with Gasteiger partial charge in [0.15, 0.2) is 0 Å². The van der Waals surface area contributed by atoms with E-state index >= 15 is 0 Å². The number of ether oxygens (including phenoxy) is 1. The third-order valence-electron chi connectivity index (χ3n) is 4.34. The third-order valence-corrected chi connectivity index (χ3v) is 5.24. The number of thiophene rings is 1. The third kappa shape index (κ3) is 2.66. The lowest BCUT2D eigenvalue weighted by Crippen LogP contribution is -2.48. The van der Waals surface area contributed by atoms with Crippen molar-refractivity contribution >= 4 is 33.3 Å². The molecule has 118 valence electrons. The lowest BCUT2D eigenvalue weighted by atomic mass is 9.77. The van der Waals surface area contributed by atoms with Gasteiger partial charge in [0.25, 0.3) is 0 Å². The maximum Gasteiger partial charge on any atom is 0.311 e. The van der Waals surface area contributed by atoms with E-state index in [1.54, 1.807) is 24.8 Å². The molecule has 3 rings (SSSR count). The van der Waals surface area contributed by atoms with E-state index in [-0.39, 0.29) is 0 Å². The molecule has 7 heteroatoms. The van der Waals surface area contributed by atoms with E-state index in [9.17, 15) is 9.90 Å². The first-order chi connectivity index (χ1) is 10.7. The molecule has 0 spiro atoms. The molecular weight excluding hydrogens is 302 g/mol. The number of aromatic nitrogens is 2. The summed E-state index contributed by atoms with van der Waals surface area (Å²) in [5, 5.41) is 11.7. The summed E-state index contributed by atoms with van der Waals surface area (Å²) in [5.41, 5.74) is 0.154. The van der Waals surface area contributed by atoms with Gasteiger partial charge in [-0.15, -0.1) is 11.3 Å². The maximum atomic E-state index is 11.9. The van der Waals surface area contributed by atoms with E-state index in [0.717, 1.165) is 29.0 Å². The normalized spacial score (nSPS) is 22.1. The van der Waals surface area contributed by atoms with Gasteiger partial charge in [0.2, 0.25) is 0 Å². The minimum absolute atomic E-state index is 0.457. The van der Waals surface area contributed by atoms with Gasteiger partial charge in [0.05, 0.1) is 15.6 Å². The molecule has 0 aromatic carbocycles. The Bertz CT molecular complexity index is 675. The molecule has 1 atom stereocenters. The Morgan fingerprint density at radius 1 is 1.55 bits per heavy atom. The van der Waals surface area contributed by atoms with Gasteiger partial charge in [-0.05, 0) is 30.7 Å². The first-order valence-corrected chi connectivity index (χ1v) is 8.20. The number of piperidine rings is 1. The number of hydrogen-bond donors (Lipinski definition) is 1. The molecule has 0 aliphatic carbocycles. The van der Waals surface area contributed by atoms with Crippen molar-refractivity contribution in [3.63, 3.8) is 0 Å². The summed E-state index contributed by atoms with van der Waals surface area (Å²) in [5.74, 6) is 0.105. The maximum absolute atomic E-state index is 11.9. The standard InChI is InChI=1S/C15H19N3O3S/c1-21-7-5-15(14(19)20)4-2-6-18(9-15)13-12-11(3-8-22-12)16-10-17-13/h3,8,10H,2,4-7,9H2,1H3,(H,19,20)/t15-/m0/s1. The molecular formula is C15H19N3O3S. The Kier molecular flexibility index (Phi) is 4.26. The molecule has 22 heavy (non-hydrogen) atoms. The number of carboxylic acid groups (broad SMARTS) is 1. The molecule has 1 saturated heterocycles. The zero-order valence-corrected chi connectivity index (χ0v) is 13.3. The Hall–Kier alpha value is -1.73. The van der Waals surface area contributed by atoms with Crippen LogP contribution in [0.25, 0.3) is 10.2 Å². The summed E-state index contributed by atoms with van der Waals surface area (Å²) in [6, 6.07) is 1.96. The fourth-order valence-corrected chi connectivity index (χ4v) is 3.96. The zero-order valence-electron chi connectivity index (χ0n) is 12.5. The summed E-state index contributed by atoms with van der Waals surface area (Å²) >= 11 is 1.60. The number of rotatable bonds is 5. The minimum Gasteiger partial charge on any atom is -0.481 e. The van der Waals surface area contributed by atoms with Gasteiger partial charge in [-0.3, -0.25) is 4.79 Å². The second kappa shape index (κ2) is 6.18. The Labute approximate surface area is 132 Å². The summed E-state index contributed by atoms with van der Waals surface area (Å²) in [6.07, 6.45) is 3.60. The molecule has 6 nitrogen and oxygen atoms in total. The molecule has 0 saturated carbocycles. The van der Waals surface area contributed by atoms with Crippen LogP contribution in [0.15, 0.2) is 17.8 Å². The van der Waals surface area contributed by atoms with E-state index in [0.29, 0.717) is 26.0 Å². The van der Waals surface area contributed by atoms with Crippen LogP contribution in [-0.2, 0) is 9.53 Å². The van der Waals surface area contributed by atoms with Gasteiger partial charge in [0.1, 0.15) is 12.1 Å². The number of anilines is 1. The van der Waals surface area contributed by atoms with Crippen molar-refractivity contribution in [1.82, 2.24) is 9.97 Å². The topological polar surface area (TPSA) is 75.6 Å². The molecule has 3 heterocycles. The van der Waals surface area contributed by atoms with E-state index in [1.165, 1.54) is 0 Å². The van der Waals surface area contributed by atoms with Crippen molar-refractivity contribution in [3.05, 3.63) is 17.8 Å². The van der Waals surface area contributed by atoms with Crippen LogP contribution in [0, 0.1) is 5.41 Å². The van der Waals surface area contributed by atoms with Crippen LogP contribution in [0.3, 0.4) is 0 Å². The van der Waals surface area contributed by atoms with Gasteiger partial charge >= 0.3 is 5.97 Å². The largest absolute Gasteiger partial charge is 0.481 e. The van der Waals surface area contributed by atoms with E-state index in [1.807, 2.05) is 11.4 Å². The van der Waals surface area contributed by atoms with Crippen molar-refractivity contribution < 1.29 is 14.6 Å². The number of aliphatic carboxylic acids is 1. The predicted octanol–water partition coefficient (Wildman–Crippen LogP) is 2.40. The summed E-state index contributed by atoms with van der Waals surface area (Å²) in [7, 11) is 1.61. The number of carbonyl (C=O) groups is 1. The molecule has 1 fully saturated rings. The van der Waals surface area contributed by atoms with Gasteiger partial charge in [-0.1, -0.05) is 0 Å². The van der Waals surface area contributed by atoms with Gasteiger partial charge in [-0.25, -0.2) is 9.97 Å². The predicted molar refractivity (Wildman–Crippen MR) is 85.4 cm³/mol. The first-order valence-electron chi connectivity index (χ1n) is 7.32. The zero-order chi connectivity index (χ0) is 15.6. The first kappa shape index (κ1) is 15.2. The number of hydrogen-bond acceptors (Lipinski definition) is 6. The molecule has 2 aromatic heterocycles. The highest BCUT2D eigenvalue weighted by Crippen LogP contribution is 2.38. The smallest absolute Gasteiger partial charge is 0.311 e. The van der Waals surface area contributed by atoms with Crippen LogP contribution >= 0.6 is 11.3 Å². The average molecular weight is 321 g/mol. The van der Waals surface area contributed by atoms with Gasteiger partial charge < -0.3 is 14.7 Å². The van der Waals surface area contributed by atoms with Crippen LogP contribution < -0.4 is 4.90 Å². The molecule has 1 aliphatic heterocycles. The van der Waals surface area contributed by atoms with E-state index < -0.39 is 11.4 Å². The molecule has 2 aromatic rings. The van der Waals surface area contributed by atoms with Crippen molar-refractivity contribution in [2.75, 3.05) is 31.7 Å². The van der Waals surface area contributed by atoms with Crippen LogP contribution in [-0.4, -0.2) is 47.8 Å². The quantitative estimate of drug-likeness (QED) is 0.911. The molecule has 1 aliphatic rings. The number of carboxylic acids is 1. The fraction of sp³-hybridized carbons (Fsp3) is 0.533.